The monoisotopic (exact) mass is 527 g/mol. The number of benzene rings is 2. The molecule has 0 fully saturated rings. The highest BCUT2D eigenvalue weighted by Crippen LogP contribution is 2.35. The van der Waals surface area contributed by atoms with Gasteiger partial charge in [-0.1, -0.05) is 55.4 Å². The highest BCUT2D eigenvalue weighted by molar-refractivity contribution is 7.96. The van der Waals surface area contributed by atoms with Crippen LogP contribution in [0.15, 0.2) is 72.8 Å². The van der Waals surface area contributed by atoms with Gasteiger partial charge < -0.3 is 10.2 Å². The number of aryl methyl sites for hydroxylation is 1. The van der Waals surface area contributed by atoms with E-state index < -0.39 is 22.1 Å². The number of nitrogens with zero attached hydrogens (tertiary/aromatic N) is 1. The number of hydrogen-bond acceptors (Lipinski definition) is 4. The second-order valence-corrected chi connectivity index (χ2v) is 10.5. The molecule has 0 aliphatic rings. The van der Waals surface area contributed by atoms with E-state index in [0.29, 0.717) is 22.0 Å². The summed E-state index contributed by atoms with van der Waals surface area (Å²) in [6, 6.07) is 8.81. The number of aliphatic hydroxyl groups excluding tert-OH is 1. The Hall–Kier alpha value is -2.16. The number of hydrogen-bond donors (Lipinski definition) is 2. The lowest BCUT2D eigenvalue weighted by Crippen LogP contribution is -2.28. The largest absolute Gasteiger partial charge is 0.368 e. The topological polar surface area (TPSA) is 77.8 Å². The Morgan fingerprint density at radius 2 is 1.88 bits per heavy atom. The first-order valence-electron chi connectivity index (χ1n) is 10.6. The van der Waals surface area contributed by atoms with Crippen LogP contribution in [0, 0.1) is 5.82 Å². The normalized spacial score (nSPS) is 13.1. The van der Waals surface area contributed by atoms with Crippen LogP contribution in [0.1, 0.15) is 43.2 Å². The summed E-state index contributed by atoms with van der Waals surface area (Å²) in [4.78, 5) is 0.0713. The molecular formula is C25H28Cl2FNO4S. The average molecular weight is 528 g/mol. The fraction of sp³-hybridized carbons (Fsp3) is 0.280. The van der Waals surface area contributed by atoms with Gasteiger partial charge in [-0.25, -0.2) is 17.1 Å². The Kier molecular flexibility index (Phi) is 10.3. The smallest absolute Gasteiger partial charge is 0.264 e. The molecule has 0 saturated carbocycles. The van der Waals surface area contributed by atoms with Gasteiger partial charge in [0.15, 0.2) is 6.29 Å². The average Bonchev–Trinajstić information content (AvgIpc) is 2.74. The van der Waals surface area contributed by atoms with Gasteiger partial charge in [-0.3, -0.25) is 0 Å². The molecule has 9 heteroatoms. The molecule has 184 valence electrons. The second-order valence-electron chi connectivity index (χ2n) is 7.77. The van der Waals surface area contributed by atoms with Crippen molar-refractivity contribution < 1.29 is 23.0 Å². The molecule has 2 N–H and O–H groups in total. The van der Waals surface area contributed by atoms with Gasteiger partial charge in [0.25, 0.3) is 10.0 Å². The highest BCUT2D eigenvalue weighted by atomic mass is 35.5. The predicted molar refractivity (Wildman–Crippen MR) is 137 cm³/mol. The van der Waals surface area contributed by atoms with Gasteiger partial charge >= 0.3 is 0 Å². The van der Waals surface area contributed by atoms with Gasteiger partial charge in [0.2, 0.25) is 0 Å². The van der Waals surface area contributed by atoms with Crippen LogP contribution in [-0.2, 0) is 16.4 Å². The summed E-state index contributed by atoms with van der Waals surface area (Å²) in [7, 11) is -4.11. The molecule has 0 amide bonds. The summed E-state index contributed by atoms with van der Waals surface area (Å²) in [5.41, 5.74) is 1.37. The van der Waals surface area contributed by atoms with E-state index in [4.69, 9.17) is 33.4 Å². The summed E-state index contributed by atoms with van der Waals surface area (Å²) in [6.07, 6.45) is 3.20. The molecule has 2 aromatic carbocycles. The van der Waals surface area contributed by atoms with E-state index in [1.165, 1.54) is 30.4 Å². The van der Waals surface area contributed by atoms with Gasteiger partial charge in [-0.15, -0.1) is 0 Å². The molecular weight excluding hydrogens is 500 g/mol. The fourth-order valence-corrected chi connectivity index (χ4v) is 5.81. The highest BCUT2D eigenvalue weighted by Gasteiger charge is 2.29. The van der Waals surface area contributed by atoms with E-state index in [-0.39, 0.29) is 35.8 Å². The molecule has 2 rings (SSSR count). The van der Waals surface area contributed by atoms with Crippen LogP contribution in [0.3, 0.4) is 0 Å². The van der Waals surface area contributed by atoms with E-state index in [1.807, 2.05) is 6.92 Å². The molecule has 0 bridgehead atoms. The molecule has 0 aliphatic carbocycles. The Balaban J connectivity index is 2.44. The van der Waals surface area contributed by atoms with E-state index in [9.17, 15) is 12.8 Å². The van der Waals surface area contributed by atoms with Crippen LogP contribution in [-0.4, -0.2) is 24.9 Å². The minimum atomic E-state index is -4.11. The molecule has 0 aliphatic heterocycles. The third kappa shape index (κ3) is 7.17. The van der Waals surface area contributed by atoms with E-state index in [2.05, 4.69) is 13.2 Å². The molecule has 2 aromatic rings. The summed E-state index contributed by atoms with van der Waals surface area (Å²) in [6.45, 7) is 9.16. The quantitative estimate of drug-likeness (QED) is 0.250. The first kappa shape index (κ1) is 28.1. The van der Waals surface area contributed by atoms with Crippen molar-refractivity contribution in [1.29, 1.82) is 0 Å². The zero-order valence-electron chi connectivity index (χ0n) is 18.8. The van der Waals surface area contributed by atoms with Gasteiger partial charge in [0.05, 0.1) is 10.6 Å². The van der Waals surface area contributed by atoms with Crippen molar-refractivity contribution in [3.8, 4) is 0 Å². The van der Waals surface area contributed by atoms with Crippen LogP contribution in [0.5, 0.6) is 0 Å². The van der Waals surface area contributed by atoms with Gasteiger partial charge in [0, 0.05) is 16.2 Å². The molecule has 1 unspecified atom stereocenters. The molecule has 0 spiro atoms. The Bertz CT molecular complexity index is 1170. The van der Waals surface area contributed by atoms with Gasteiger partial charge in [-0.05, 0) is 79.1 Å². The first-order valence-corrected chi connectivity index (χ1v) is 12.8. The molecule has 34 heavy (non-hydrogen) atoms. The van der Waals surface area contributed by atoms with Crippen molar-refractivity contribution >= 4 is 38.9 Å². The van der Waals surface area contributed by atoms with Crippen molar-refractivity contribution in [1.82, 2.24) is 0 Å². The summed E-state index contributed by atoms with van der Waals surface area (Å²) < 4.78 is 42.3. The molecule has 0 heterocycles. The molecule has 1 atom stereocenters. The molecule has 5 nitrogen and oxygen atoms in total. The standard InChI is InChI=1S/C25H28Cl2FNO4S/c1-4-7-21(14-17(3)22-12-10-19(26)16-23(22)27)34(32,33)29(5-2)24-13-11-20(28)15-18(24)8-6-9-25(30)31/h4-5,7,10-13,15-17,25,30-31H,1-2,6,8-9,14H2,3H3/b21-7+. The Labute approximate surface area is 210 Å². The van der Waals surface area contributed by atoms with Crippen molar-refractivity contribution in [2.75, 3.05) is 4.31 Å². The lowest BCUT2D eigenvalue weighted by Gasteiger charge is -2.26. The van der Waals surface area contributed by atoms with Crippen molar-refractivity contribution in [3.05, 3.63) is 99.8 Å². The third-order valence-corrected chi connectivity index (χ3v) is 7.64. The Morgan fingerprint density at radius 1 is 1.18 bits per heavy atom. The van der Waals surface area contributed by atoms with Crippen molar-refractivity contribution in [2.24, 2.45) is 0 Å². The zero-order valence-corrected chi connectivity index (χ0v) is 21.1. The number of aliphatic hydroxyl groups is 2. The SMILES string of the molecule is C=C/C=C(\CC(C)c1ccc(Cl)cc1Cl)S(=O)(=O)N(C=C)c1ccc(F)cc1CCCC(O)O. The maximum atomic E-state index is 14.0. The van der Waals surface area contributed by atoms with Crippen LogP contribution in [0.4, 0.5) is 10.1 Å². The molecule has 0 aromatic heterocycles. The van der Waals surface area contributed by atoms with Crippen LogP contribution in [0.2, 0.25) is 10.0 Å². The fourth-order valence-electron chi connectivity index (χ4n) is 3.60. The van der Waals surface area contributed by atoms with E-state index >= 15 is 0 Å². The molecule has 0 radical (unpaired) electrons. The first-order chi connectivity index (χ1) is 16.0. The lowest BCUT2D eigenvalue weighted by molar-refractivity contribution is -0.0461. The summed E-state index contributed by atoms with van der Waals surface area (Å²) in [5, 5.41) is 19.1. The van der Waals surface area contributed by atoms with Crippen molar-refractivity contribution in [3.63, 3.8) is 0 Å². The number of anilines is 1. The lowest BCUT2D eigenvalue weighted by atomic mass is 9.97. The van der Waals surface area contributed by atoms with Crippen LogP contribution < -0.4 is 4.31 Å². The van der Waals surface area contributed by atoms with E-state index in [1.54, 1.807) is 18.2 Å². The minimum absolute atomic E-state index is 0.0672. The number of sulfonamides is 1. The number of rotatable bonds is 12. The van der Waals surface area contributed by atoms with E-state index in [0.717, 1.165) is 16.1 Å². The minimum Gasteiger partial charge on any atom is -0.368 e. The zero-order chi connectivity index (χ0) is 25.5. The molecule has 0 saturated heterocycles. The van der Waals surface area contributed by atoms with Crippen LogP contribution >= 0.6 is 23.2 Å². The number of allylic oxidation sites excluding steroid dienone is 3. The predicted octanol–water partition coefficient (Wildman–Crippen LogP) is 6.31. The second kappa shape index (κ2) is 12.5. The number of halogens is 3. The summed E-state index contributed by atoms with van der Waals surface area (Å²) >= 11 is 12.3. The van der Waals surface area contributed by atoms with Crippen LogP contribution in [0.25, 0.3) is 0 Å². The third-order valence-electron chi connectivity index (χ3n) is 5.25. The van der Waals surface area contributed by atoms with Crippen molar-refractivity contribution in [2.45, 2.75) is 44.8 Å². The Morgan fingerprint density at radius 3 is 2.47 bits per heavy atom. The van der Waals surface area contributed by atoms with Gasteiger partial charge in [0.1, 0.15) is 5.82 Å². The maximum Gasteiger partial charge on any atom is 0.264 e. The summed E-state index contributed by atoms with van der Waals surface area (Å²) in [5.74, 6) is -0.797. The maximum absolute atomic E-state index is 14.0. The van der Waals surface area contributed by atoms with Gasteiger partial charge in [-0.2, -0.15) is 0 Å².